The zero-order chi connectivity index (χ0) is 14.5. The van der Waals surface area contributed by atoms with E-state index in [2.05, 4.69) is 15.3 Å². The Morgan fingerprint density at radius 1 is 1.30 bits per heavy atom. The van der Waals surface area contributed by atoms with E-state index in [0.717, 1.165) is 0 Å². The predicted molar refractivity (Wildman–Crippen MR) is 82.4 cm³/mol. The summed E-state index contributed by atoms with van der Waals surface area (Å²) in [6, 6.07) is 6.63. The lowest BCUT2D eigenvalue weighted by Gasteiger charge is -2.12. The molecule has 1 aromatic heterocycles. The third kappa shape index (κ3) is 4.10. The number of anilines is 1. The van der Waals surface area contributed by atoms with Gasteiger partial charge in [-0.2, -0.15) is 0 Å². The largest absolute Gasteiger partial charge is 0.324 e. The first-order valence-electron chi connectivity index (χ1n) is 5.76. The van der Waals surface area contributed by atoms with Crippen LogP contribution in [0.2, 0.25) is 10.0 Å². The van der Waals surface area contributed by atoms with Gasteiger partial charge in [-0.15, -0.1) is 0 Å². The standard InChI is InChI=1S/C13H11Cl2N3OS/c1-8(20-13-16-5-2-6-17-13)12(19)18-11-7-9(14)3-4-10(11)15/h2-8H,1H3,(H,18,19). The molecule has 1 amide bonds. The number of rotatable bonds is 4. The molecule has 1 heterocycles. The van der Waals surface area contributed by atoms with Gasteiger partial charge in [0.2, 0.25) is 5.91 Å². The number of nitrogens with zero attached hydrogens (tertiary/aromatic N) is 2. The van der Waals surface area contributed by atoms with Crippen molar-refractivity contribution in [3.05, 3.63) is 46.7 Å². The highest BCUT2D eigenvalue weighted by molar-refractivity contribution is 8.00. The second-order valence-electron chi connectivity index (χ2n) is 3.90. The number of halogens is 2. The van der Waals surface area contributed by atoms with E-state index < -0.39 is 0 Å². The minimum atomic E-state index is -0.354. The molecule has 7 heteroatoms. The summed E-state index contributed by atoms with van der Waals surface area (Å²) in [5, 5.41) is 3.88. The van der Waals surface area contributed by atoms with Crippen molar-refractivity contribution in [1.29, 1.82) is 0 Å². The van der Waals surface area contributed by atoms with Crippen molar-refractivity contribution in [3.63, 3.8) is 0 Å². The maximum Gasteiger partial charge on any atom is 0.237 e. The van der Waals surface area contributed by atoms with Gasteiger partial charge in [-0.1, -0.05) is 35.0 Å². The highest BCUT2D eigenvalue weighted by Gasteiger charge is 2.17. The van der Waals surface area contributed by atoms with Crippen molar-refractivity contribution in [1.82, 2.24) is 9.97 Å². The SMILES string of the molecule is CC(Sc1ncccn1)C(=O)Nc1cc(Cl)ccc1Cl. The van der Waals surface area contributed by atoms with Crippen LogP contribution in [0.25, 0.3) is 0 Å². The van der Waals surface area contributed by atoms with Crippen LogP contribution in [-0.4, -0.2) is 21.1 Å². The van der Waals surface area contributed by atoms with Crippen LogP contribution >= 0.6 is 35.0 Å². The molecule has 4 nitrogen and oxygen atoms in total. The maximum absolute atomic E-state index is 12.1. The second-order valence-corrected chi connectivity index (χ2v) is 6.06. The molecule has 0 radical (unpaired) electrons. The van der Waals surface area contributed by atoms with E-state index in [9.17, 15) is 4.79 Å². The molecule has 0 aliphatic carbocycles. The lowest BCUT2D eigenvalue weighted by atomic mass is 10.3. The van der Waals surface area contributed by atoms with Crippen LogP contribution in [0.5, 0.6) is 0 Å². The Morgan fingerprint density at radius 2 is 2.00 bits per heavy atom. The molecule has 0 fully saturated rings. The van der Waals surface area contributed by atoms with E-state index in [0.29, 0.717) is 20.9 Å². The highest BCUT2D eigenvalue weighted by Crippen LogP contribution is 2.27. The van der Waals surface area contributed by atoms with Gasteiger partial charge < -0.3 is 5.32 Å². The molecular weight excluding hydrogens is 317 g/mol. The lowest BCUT2D eigenvalue weighted by molar-refractivity contribution is -0.115. The van der Waals surface area contributed by atoms with Crippen LogP contribution in [0, 0.1) is 0 Å². The number of carbonyl (C=O) groups is 1. The number of carbonyl (C=O) groups excluding carboxylic acids is 1. The topological polar surface area (TPSA) is 54.9 Å². The van der Waals surface area contributed by atoms with Gasteiger partial charge in [0.15, 0.2) is 5.16 Å². The Balaban J connectivity index is 2.02. The Morgan fingerprint density at radius 3 is 2.70 bits per heavy atom. The zero-order valence-corrected chi connectivity index (χ0v) is 12.8. The van der Waals surface area contributed by atoms with Gasteiger partial charge in [0, 0.05) is 17.4 Å². The van der Waals surface area contributed by atoms with E-state index in [1.807, 2.05) is 0 Å². The zero-order valence-electron chi connectivity index (χ0n) is 10.5. The van der Waals surface area contributed by atoms with Gasteiger partial charge >= 0.3 is 0 Å². The second kappa shape index (κ2) is 6.92. The summed E-state index contributed by atoms with van der Waals surface area (Å²) >= 11 is 13.1. The van der Waals surface area contributed by atoms with Crippen molar-refractivity contribution in [3.8, 4) is 0 Å². The Labute approximate surface area is 130 Å². The van der Waals surface area contributed by atoms with Crippen LogP contribution < -0.4 is 5.32 Å². The first-order valence-corrected chi connectivity index (χ1v) is 7.39. The van der Waals surface area contributed by atoms with Gasteiger partial charge in [-0.05, 0) is 31.2 Å². The number of amides is 1. The fourth-order valence-electron chi connectivity index (χ4n) is 1.39. The Kier molecular flexibility index (Phi) is 5.23. The van der Waals surface area contributed by atoms with Crippen molar-refractivity contribution >= 4 is 46.6 Å². The van der Waals surface area contributed by atoms with Crippen molar-refractivity contribution in [2.75, 3.05) is 5.32 Å². The number of nitrogens with one attached hydrogen (secondary N) is 1. The molecule has 1 N–H and O–H groups in total. The van der Waals surface area contributed by atoms with Gasteiger partial charge in [-0.25, -0.2) is 9.97 Å². The average molecular weight is 328 g/mol. The van der Waals surface area contributed by atoms with E-state index >= 15 is 0 Å². The fourth-order valence-corrected chi connectivity index (χ4v) is 2.45. The van der Waals surface area contributed by atoms with Crippen molar-refractivity contribution in [2.24, 2.45) is 0 Å². The molecule has 20 heavy (non-hydrogen) atoms. The molecule has 0 bridgehead atoms. The van der Waals surface area contributed by atoms with Crippen LogP contribution in [-0.2, 0) is 4.79 Å². The van der Waals surface area contributed by atoms with Crippen LogP contribution in [0.15, 0.2) is 41.8 Å². The van der Waals surface area contributed by atoms with E-state index in [4.69, 9.17) is 23.2 Å². The molecule has 0 aliphatic heterocycles. The quantitative estimate of drug-likeness (QED) is 0.683. The molecule has 1 unspecified atom stereocenters. The summed E-state index contributed by atoms with van der Waals surface area (Å²) in [5.74, 6) is -0.188. The minimum Gasteiger partial charge on any atom is -0.324 e. The maximum atomic E-state index is 12.1. The number of hydrogen-bond acceptors (Lipinski definition) is 4. The summed E-state index contributed by atoms with van der Waals surface area (Å²) in [6.45, 7) is 1.77. The van der Waals surface area contributed by atoms with Gasteiger partial charge in [0.1, 0.15) is 0 Å². The summed E-state index contributed by atoms with van der Waals surface area (Å²) in [4.78, 5) is 20.2. The van der Waals surface area contributed by atoms with Crippen LogP contribution in [0.4, 0.5) is 5.69 Å². The average Bonchev–Trinajstić information content (AvgIpc) is 2.44. The van der Waals surface area contributed by atoms with Gasteiger partial charge in [0.25, 0.3) is 0 Å². The van der Waals surface area contributed by atoms with Crippen LogP contribution in [0.1, 0.15) is 6.92 Å². The predicted octanol–water partition coefficient (Wildman–Crippen LogP) is 3.90. The molecule has 1 atom stereocenters. The molecule has 0 saturated heterocycles. The first-order chi connectivity index (χ1) is 9.56. The van der Waals surface area contributed by atoms with E-state index in [1.54, 1.807) is 43.6 Å². The molecule has 2 aromatic rings. The first kappa shape index (κ1) is 15.1. The number of aromatic nitrogens is 2. The van der Waals surface area contributed by atoms with Gasteiger partial charge in [0.05, 0.1) is 16.0 Å². The van der Waals surface area contributed by atoms with Crippen molar-refractivity contribution < 1.29 is 4.79 Å². The third-order valence-corrected chi connectivity index (χ3v) is 3.93. The number of hydrogen-bond donors (Lipinski definition) is 1. The summed E-state index contributed by atoms with van der Waals surface area (Å²) < 4.78 is 0. The van der Waals surface area contributed by atoms with Gasteiger partial charge in [-0.3, -0.25) is 4.79 Å². The monoisotopic (exact) mass is 327 g/mol. The summed E-state index contributed by atoms with van der Waals surface area (Å²) in [5.41, 5.74) is 0.491. The fraction of sp³-hybridized carbons (Fsp3) is 0.154. The normalized spacial score (nSPS) is 11.9. The highest BCUT2D eigenvalue weighted by atomic mass is 35.5. The van der Waals surface area contributed by atoms with Crippen LogP contribution in [0.3, 0.4) is 0 Å². The molecule has 2 rings (SSSR count). The molecule has 1 aromatic carbocycles. The molecule has 0 spiro atoms. The molecule has 104 valence electrons. The summed E-state index contributed by atoms with van der Waals surface area (Å²) in [6.07, 6.45) is 3.27. The van der Waals surface area contributed by atoms with E-state index in [-0.39, 0.29) is 11.2 Å². The smallest absolute Gasteiger partial charge is 0.237 e. The minimum absolute atomic E-state index is 0.188. The van der Waals surface area contributed by atoms with E-state index in [1.165, 1.54) is 11.8 Å². The third-order valence-electron chi connectivity index (χ3n) is 2.38. The number of benzene rings is 1. The molecular formula is C13H11Cl2N3OS. The lowest BCUT2D eigenvalue weighted by Crippen LogP contribution is -2.22. The Hall–Kier alpha value is -1.30. The number of thioether (sulfide) groups is 1. The van der Waals surface area contributed by atoms with Crippen molar-refractivity contribution in [2.45, 2.75) is 17.3 Å². The molecule has 0 aliphatic rings. The Bertz CT molecular complexity index is 610. The molecule has 0 saturated carbocycles. The summed E-state index contributed by atoms with van der Waals surface area (Å²) in [7, 11) is 0.